The fourth-order valence-corrected chi connectivity index (χ4v) is 8.50. The molecule has 0 aliphatic rings. The van der Waals surface area contributed by atoms with E-state index in [9.17, 15) is 14.4 Å². The highest BCUT2D eigenvalue weighted by molar-refractivity contribution is 5.71. The van der Waals surface area contributed by atoms with Gasteiger partial charge >= 0.3 is 17.9 Å². The lowest BCUT2D eigenvalue weighted by atomic mass is 10.0. The van der Waals surface area contributed by atoms with Gasteiger partial charge in [-0.2, -0.15) is 0 Å². The van der Waals surface area contributed by atoms with Crippen molar-refractivity contribution in [2.24, 2.45) is 0 Å². The van der Waals surface area contributed by atoms with Gasteiger partial charge in [0.2, 0.25) is 0 Å². The fourth-order valence-electron chi connectivity index (χ4n) is 8.50. The molecular weight excluding hydrogens is 781 g/mol. The Labute approximate surface area is 392 Å². The van der Waals surface area contributed by atoms with E-state index in [1.807, 2.05) is 0 Å². The number of unbranched alkanes of at least 4 members (excludes halogenated alkanes) is 39. The lowest BCUT2D eigenvalue weighted by Gasteiger charge is -2.18. The highest BCUT2D eigenvalue weighted by atomic mass is 16.6. The third-order valence-corrected chi connectivity index (χ3v) is 12.8. The lowest BCUT2D eigenvalue weighted by Crippen LogP contribution is -2.30. The van der Waals surface area contributed by atoms with Crippen molar-refractivity contribution in [3.8, 4) is 0 Å². The molecule has 6 heteroatoms. The van der Waals surface area contributed by atoms with Gasteiger partial charge in [0.05, 0.1) is 0 Å². The van der Waals surface area contributed by atoms with Crippen molar-refractivity contribution in [1.82, 2.24) is 0 Å². The molecule has 1 unspecified atom stereocenters. The highest BCUT2D eigenvalue weighted by Gasteiger charge is 2.19. The van der Waals surface area contributed by atoms with E-state index in [2.05, 4.69) is 32.9 Å². The first-order valence-electron chi connectivity index (χ1n) is 28.2. The standard InChI is InChI=1S/C57H108O6/c1-4-7-10-13-16-18-20-22-23-24-25-26-27-28-29-30-31-32-33-35-36-38-41-44-47-50-56(59)62-53-54(52-61-55(58)49-46-43-40-15-12-9-6-3)63-57(60)51-48-45-42-39-37-34-21-19-17-14-11-8-5-2/h19,21,54H,4-18,20,22-53H2,1-3H3/b21-19-. The molecule has 0 spiro atoms. The summed E-state index contributed by atoms with van der Waals surface area (Å²) < 4.78 is 16.7. The topological polar surface area (TPSA) is 78.9 Å². The molecule has 0 saturated carbocycles. The minimum Gasteiger partial charge on any atom is -0.462 e. The zero-order valence-corrected chi connectivity index (χ0v) is 42.6. The highest BCUT2D eigenvalue weighted by Crippen LogP contribution is 2.17. The molecule has 0 aromatic rings. The maximum absolute atomic E-state index is 12.7. The van der Waals surface area contributed by atoms with Gasteiger partial charge in [0.1, 0.15) is 13.2 Å². The molecule has 1 atom stereocenters. The Balaban J connectivity index is 4.05. The Hall–Kier alpha value is -1.85. The van der Waals surface area contributed by atoms with Gasteiger partial charge in [-0.3, -0.25) is 14.4 Å². The van der Waals surface area contributed by atoms with E-state index in [0.29, 0.717) is 19.3 Å². The Kier molecular flexibility index (Phi) is 51.2. The summed E-state index contributed by atoms with van der Waals surface area (Å²) in [5.41, 5.74) is 0. The van der Waals surface area contributed by atoms with E-state index in [4.69, 9.17) is 14.2 Å². The maximum atomic E-state index is 12.7. The maximum Gasteiger partial charge on any atom is 0.306 e. The summed E-state index contributed by atoms with van der Waals surface area (Å²) >= 11 is 0. The zero-order valence-electron chi connectivity index (χ0n) is 42.6. The van der Waals surface area contributed by atoms with E-state index < -0.39 is 6.10 Å². The first-order chi connectivity index (χ1) is 31.0. The molecule has 0 amide bonds. The van der Waals surface area contributed by atoms with Gasteiger partial charge in [-0.15, -0.1) is 0 Å². The normalized spacial score (nSPS) is 12.0. The van der Waals surface area contributed by atoms with Crippen molar-refractivity contribution in [2.75, 3.05) is 13.2 Å². The van der Waals surface area contributed by atoms with Crippen LogP contribution >= 0.6 is 0 Å². The van der Waals surface area contributed by atoms with Crippen molar-refractivity contribution in [1.29, 1.82) is 0 Å². The fraction of sp³-hybridized carbons (Fsp3) is 0.912. The van der Waals surface area contributed by atoms with E-state index >= 15 is 0 Å². The number of ether oxygens (including phenoxy) is 3. The molecular formula is C57H108O6. The van der Waals surface area contributed by atoms with Crippen LogP contribution in [-0.4, -0.2) is 37.2 Å². The molecule has 0 aliphatic heterocycles. The first kappa shape index (κ1) is 61.1. The van der Waals surface area contributed by atoms with Crippen LogP contribution in [0.4, 0.5) is 0 Å². The summed E-state index contributed by atoms with van der Waals surface area (Å²) in [5, 5.41) is 0. The Morgan fingerprint density at radius 1 is 0.302 bits per heavy atom. The van der Waals surface area contributed by atoms with Crippen molar-refractivity contribution < 1.29 is 28.6 Å². The summed E-state index contributed by atoms with van der Waals surface area (Å²) in [4.78, 5) is 37.8. The molecule has 0 saturated heterocycles. The number of esters is 3. The molecule has 0 N–H and O–H groups in total. The van der Waals surface area contributed by atoms with Crippen LogP contribution in [0.1, 0.15) is 316 Å². The molecule has 0 fully saturated rings. The number of hydrogen-bond acceptors (Lipinski definition) is 6. The summed E-state index contributed by atoms with van der Waals surface area (Å²) in [6, 6.07) is 0. The van der Waals surface area contributed by atoms with Gasteiger partial charge in [-0.1, -0.05) is 264 Å². The number of rotatable bonds is 52. The largest absolute Gasteiger partial charge is 0.462 e. The molecule has 63 heavy (non-hydrogen) atoms. The predicted octanol–water partition coefficient (Wildman–Crippen LogP) is 18.5. The first-order valence-corrected chi connectivity index (χ1v) is 28.2. The SMILES string of the molecule is CCCCCC/C=C\CCCCCCCC(=O)OC(COC(=O)CCCCCCCCC)COC(=O)CCCCCCCCCCCCCCCCCCCCCCCCCCC. The third kappa shape index (κ3) is 51.0. The van der Waals surface area contributed by atoms with Crippen molar-refractivity contribution in [2.45, 2.75) is 322 Å². The minimum atomic E-state index is -0.766. The predicted molar refractivity (Wildman–Crippen MR) is 270 cm³/mol. The van der Waals surface area contributed by atoms with Crippen LogP contribution in [0.15, 0.2) is 12.2 Å². The monoisotopic (exact) mass is 889 g/mol. The summed E-state index contributed by atoms with van der Waals surface area (Å²) in [6.45, 7) is 6.62. The van der Waals surface area contributed by atoms with Crippen LogP contribution < -0.4 is 0 Å². The van der Waals surface area contributed by atoms with Crippen molar-refractivity contribution >= 4 is 17.9 Å². The molecule has 0 radical (unpaired) electrons. The number of carbonyl (C=O) groups is 3. The number of carbonyl (C=O) groups excluding carboxylic acids is 3. The molecule has 0 aromatic carbocycles. The van der Waals surface area contributed by atoms with Crippen molar-refractivity contribution in [3.05, 3.63) is 12.2 Å². The smallest absolute Gasteiger partial charge is 0.306 e. The molecule has 0 heterocycles. The molecule has 0 rings (SSSR count). The van der Waals surface area contributed by atoms with Crippen LogP contribution in [0.25, 0.3) is 0 Å². The Morgan fingerprint density at radius 3 is 0.810 bits per heavy atom. The van der Waals surface area contributed by atoms with E-state index in [1.54, 1.807) is 0 Å². The quantitative estimate of drug-likeness (QED) is 0.0262. The molecule has 0 bridgehead atoms. The summed E-state index contributed by atoms with van der Waals surface area (Å²) in [5.74, 6) is -0.867. The average Bonchev–Trinajstić information content (AvgIpc) is 3.28. The molecule has 0 aliphatic carbocycles. The second-order valence-corrected chi connectivity index (χ2v) is 19.2. The average molecular weight is 889 g/mol. The van der Waals surface area contributed by atoms with Gasteiger partial charge in [0, 0.05) is 19.3 Å². The lowest BCUT2D eigenvalue weighted by molar-refractivity contribution is -0.167. The van der Waals surface area contributed by atoms with Crippen molar-refractivity contribution in [3.63, 3.8) is 0 Å². The second-order valence-electron chi connectivity index (χ2n) is 19.2. The molecule has 372 valence electrons. The molecule has 0 aromatic heterocycles. The second kappa shape index (κ2) is 52.8. The summed E-state index contributed by atoms with van der Waals surface area (Å²) in [7, 11) is 0. The number of allylic oxidation sites excluding steroid dienone is 2. The van der Waals surface area contributed by atoms with Crippen LogP contribution in [0, 0.1) is 0 Å². The van der Waals surface area contributed by atoms with Crippen LogP contribution in [0.5, 0.6) is 0 Å². The van der Waals surface area contributed by atoms with E-state index in [-0.39, 0.29) is 31.1 Å². The van der Waals surface area contributed by atoms with Gasteiger partial charge in [-0.25, -0.2) is 0 Å². The van der Waals surface area contributed by atoms with Crippen LogP contribution in [-0.2, 0) is 28.6 Å². The van der Waals surface area contributed by atoms with E-state index in [0.717, 1.165) is 64.2 Å². The molecule has 6 nitrogen and oxygen atoms in total. The minimum absolute atomic E-state index is 0.0686. The third-order valence-electron chi connectivity index (χ3n) is 12.8. The van der Waals surface area contributed by atoms with Crippen LogP contribution in [0.3, 0.4) is 0 Å². The van der Waals surface area contributed by atoms with Crippen LogP contribution in [0.2, 0.25) is 0 Å². The van der Waals surface area contributed by atoms with E-state index in [1.165, 1.54) is 212 Å². The van der Waals surface area contributed by atoms with Gasteiger partial charge in [-0.05, 0) is 44.9 Å². The summed E-state index contributed by atoms with van der Waals surface area (Å²) in [6.07, 6.45) is 59.5. The Bertz CT molecular complexity index is 978. The van der Waals surface area contributed by atoms with Gasteiger partial charge in [0.25, 0.3) is 0 Å². The van der Waals surface area contributed by atoms with Gasteiger partial charge < -0.3 is 14.2 Å². The zero-order chi connectivity index (χ0) is 45.8. The Morgan fingerprint density at radius 2 is 0.524 bits per heavy atom. The van der Waals surface area contributed by atoms with Gasteiger partial charge in [0.15, 0.2) is 6.10 Å². The number of hydrogen-bond donors (Lipinski definition) is 0.